The van der Waals surface area contributed by atoms with Crippen LogP contribution in [0.25, 0.3) is 0 Å². The number of nitrogens with zero attached hydrogens (tertiary/aromatic N) is 1. The van der Waals surface area contributed by atoms with Crippen LogP contribution >= 0.6 is 15.9 Å². The molecular formula is C15H24BrNO. The van der Waals surface area contributed by atoms with Gasteiger partial charge in [0.2, 0.25) is 0 Å². The smallest absolute Gasteiger partial charge is 0.122 e. The molecule has 18 heavy (non-hydrogen) atoms. The predicted octanol–water partition coefficient (Wildman–Crippen LogP) is 3.98. The molecule has 0 amide bonds. The first-order valence-electron chi connectivity index (χ1n) is 6.55. The van der Waals surface area contributed by atoms with Crippen molar-refractivity contribution in [2.45, 2.75) is 26.7 Å². The van der Waals surface area contributed by atoms with E-state index >= 15 is 0 Å². The lowest BCUT2D eigenvalue weighted by atomic mass is 10.1. The maximum atomic E-state index is 5.88. The van der Waals surface area contributed by atoms with Gasteiger partial charge in [-0.1, -0.05) is 29.8 Å². The van der Waals surface area contributed by atoms with Gasteiger partial charge in [0.05, 0.1) is 6.61 Å². The SMILES string of the molecule is CC(C)COc1ccc(Br)cc1CCCN(C)C. The van der Waals surface area contributed by atoms with Crippen LogP contribution in [0.1, 0.15) is 25.8 Å². The second-order valence-electron chi connectivity index (χ2n) is 5.36. The summed E-state index contributed by atoms with van der Waals surface area (Å²) in [5, 5.41) is 0. The Kier molecular flexibility index (Phi) is 6.72. The highest BCUT2D eigenvalue weighted by Crippen LogP contribution is 2.25. The number of aryl methyl sites for hydroxylation is 1. The zero-order valence-electron chi connectivity index (χ0n) is 11.9. The summed E-state index contributed by atoms with van der Waals surface area (Å²) in [7, 11) is 4.22. The quantitative estimate of drug-likeness (QED) is 0.755. The summed E-state index contributed by atoms with van der Waals surface area (Å²) in [5.74, 6) is 1.59. The molecular weight excluding hydrogens is 290 g/mol. The molecule has 0 N–H and O–H groups in total. The van der Waals surface area contributed by atoms with Crippen LogP contribution < -0.4 is 4.74 Å². The van der Waals surface area contributed by atoms with Crippen LogP contribution in [0.15, 0.2) is 22.7 Å². The Labute approximate surface area is 119 Å². The monoisotopic (exact) mass is 313 g/mol. The molecule has 0 bridgehead atoms. The first-order chi connectivity index (χ1) is 8.49. The second kappa shape index (κ2) is 7.80. The molecule has 0 aromatic heterocycles. The van der Waals surface area contributed by atoms with Crippen molar-refractivity contribution in [3.8, 4) is 5.75 Å². The van der Waals surface area contributed by atoms with E-state index in [4.69, 9.17) is 4.74 Å². The molecule has 0 aliphatic carbocycles. The van der Waals surface area contributed by atoms with E-state index in [2.05, 4.69) is 60.9 Å². The third kappa shape index (κ3) is 5.87. The Bertz CT molecular complexity index is 364. The lowest BCUT2D eigenvalue weighted by Gasteiger charge is -2.14. The normalized spacial score (nSPS) is 11.3. The molecule has 1 aromatic carbocycles. The molecule has 0 aliphatic heterocycles. The minimum atomic E-state index is 0.559. The highest BCUT2D eigenvalue weighted by molar-refractivity contribution is 9.10. The molecule has 0 radical (unpaired) electrons. The lowest BCUT2D eigenvalue weighted by Crippen LogP contribution is -2.14. The average Bonchev–Trinajstić information content (AvgIpc) is 2.27. The molecule has 0 saturated heterocycles. The molecule has 0 unspecified atom stereocenters. The van der Waals surface area contributed by atoms with Crippen LogP contribution in [0, 0.1) is 5.92 Å². The van der Waals surface area contributed by atoms with Crippen molar-refractivity contribution in [3.63, 3.8) is 0 Å². The largest absolute Gasteiger partial charge is 0.493 e. The van der Waals surface area contributed by atoms with Gasteiger partial charge in [-0.15, -0.1) is 0 Å². The number of ether oxygens (including phenoxy) is 1. The van der Waals surface area contributed by atoms with Crippen LogP contribution in [0.4, 0.5) is 0 Å². The summed E-state index contributed by atoms with van der Waals surface area (Å²) in [6.45, 7) is 6.23. The fraction of sp³-hybridized carbons (Fsp3) is 0.600. The molecule has 0 fully saturated rings. The third-order valence-electron chi connectivity index (χ3n) is 2.65. The van der Waals surface area contributed by atoms with Gasteiger partial charge in [-0.2, -0.15) is 0 Å². The van der Waals surface area contributed by atoms with Gasteiger partial charge in [0.15, 0.2) is 0 Å². The van der Waals surface area contributed by atoms with Gasteiger partial charge in [0, 0.05) is 4.47 Å². The Hall–Kier alpha value is -0.540. The Morgan fingerprint density at radius 2 is 2.00 bits per heavy atom. The molecule has 1 rings (SSSR count). The van der Waals surface area contributed by atoms with Crippen molar-refractivity contribution in [1.29, 1.82) is 0 Å². The van der Waals surface area contributed by atoms with Crippen LogP contribution in [0.5, 0.6) is 5.75 Å². The van der Waals surface area contributed by atoms with Gasteiger partial charge in [0.25, 0.3) is 0 Å². The zero-order chi connectivity index (χ0) is 13.5. The van der Waals surface area contributed by atoms with E-state index in [0.717, 1.165) is 36.2 Å². The van der Waals surface area contributed by atoms with Crippen LogP contribution in [-0.4, -0.2) is 32.1 Å². The fourth-order valence-electron chi connectivity index (χ4n) is 1.73. The van der Waals surface area contributed by atoms with Crippen molar-refractivity contribution >= 4 is 15.9 Å². The predicted molar refractivity (Wildman–Crippen MR) is 81.4 cm³/mol. The molecule has 0 aliphatic rings. The van der Waals surface area contributed by atoms with Gasteiger partial charge in [-0.3, -0.25) is 0 Å². The third-order valence-corrected chi connectivity index (χ3v) is 3.14. The van der Waals surface area contributed by atoms with E-state index in [1.54, 1.807) is 0 Å². The topological polar surface area (TPSA) is 12.5 Å². The van der Waals surface area contributed by atoms with Gasteiger partial charge in [-0.25, -0.2) is 0 Å². The highest BCUT2D eigenvalue weighted by Gasteiger charge is 2.06. The molecule has 102 valence electrons. The van der Waals surface area contributed by atoms with Gasteiger partial charge in [-0.05, 0) is 63.2 Å². The van der Waals surface area contributed by atoms with E-state index in [0.29, 0.717) is 5.92 Å². The number of hydrogen-bond acceptors (Lipinski definition) is 2. The molecule has 1 aromatic rings. The van der Waals surface area contributed by atoms with Gasteiger partial charge in [0.1, 0.15) is 5.75 Å². The Morgan fingerprint density at radius 3 is 2.61 bits per heavy atom. The summed E-state index contributed by atoms with van der Waals surface area (Å²) >= 11 is 3.53. The minimum absolute atomic E-state index is 0.559. The number of hydrogen-bond donors (Lipinski definition) is 0. The zero-order valence-corrected chi connectivity index (χ0v) is 13.5. The maximum absolute atomic E-state index is 5.88. The average molecular weight is 314 g/mol. The van der Waals surface area contributed by atoms with Crippen LogP contribution in [0.3, 0.4) is 0 Å². The molecule has 0 saturated carbocycles. The summed E-state index contributed by atoms with van der Waals surface area (Å²) in [6.07, 6.45) is 2.21. The van der Waals surface area contributed by atoms with Crippen molar-refractivity contribution in [2.24, 2.45) is 5.92 Å². The molecule has 2 nitrogen and oxygen atoms in total. The van der Waals surface area contributed by atoms with E-state index in [1.807, 2.05) is 6.07 Å². The molecule has 0 atom stereocenters. The second-order valence-corrected chi connectivity index (χ2v) is 6.28. The number of benzene rings is 1. The summed E-state index contributed by atoms with van der Waals surface area (Å²) in [6, 6.07) is 6.29. The maximum Gasteiger partial charge on any atom is 0.122 e. The summed E-state index contributed by atoms with van der Waals surface area (Å²) in [4.78, 5) is 2.21. The number of rotatable bonds is 7. The number of halogens is 1. The van der Waals surface area contributed by atoms with Crippen LogP contribution in [-0.2, 0) is 6.42 Å². The van der Waals surface area contributed by atoms with Crippen molar-refractivity contribution in [1.82, 2.24) is 4.90 Å². The van der Waals surface area contributed by atoms with Crippen molar-refractivity contribution in [3.05, 3.63) is 28.2 Å². The summed E-state index contributed by atoms with van der Waals surface area (Å²) < 4.78 is 7.00. The van der Waals surface area contributed by atoms with Crippen molar-refractivity contribution in [2.75, 3.05) is 27.2 Å². The van der Waals surface area contributed by atoms with E-state index < -0.39 is 0 Å². The Balaban J connectivity index is 2.64. The highest BCUT2D eigenvalue weighted by atomic mass is 79.9. The first-order valence-corrected chi connectivity index (χ1v) is 7.34. The Morgan fingerprint density at radius 1 is 1.28 bits per heavy atom. The standard InChI is InChI=1S/C15H24BrNO/c1-12(2)11-18-15-8-7-14(16)10-13(15)6-5-9-17(3)4/h7-8,10,12H,5-6,9,11H2,1-4H3. The van der Waals surface area contributed by atoms with Gasteiger partial charge < -0.3 is 9.64 Å². The van der Waals surface area contributed by atoms with E-state index in [-0.39, 0.29) is 0 Å². The van der Waals surface area contributed by atoms with Crippen molar-refractivity contribution < 1.29 is 4.74 Å². The fourth-order valence-corrected chi connectivity index (χ4v) is 2.13. The lowest BCUT2D eigenvalue weighted by molar-refractivity contribution is 0.268. The van der Waals surface area contributed by atoms with Crippen LogP contribution in [0.2, 0.25) is 0 Å². The van der Waals surface area contributed by atoms with E-state index in [1.165, 1.54) is 5.56 Å². The molecule has 0 heterocycles. The minimum Gasteiger partial charge on any atom is -0.493 e. The van der Waals surface area contributed by atoms with Gasteiger partial charge >= 0.3 is 0 Å². The van der Waals surface area contributed by atoms with E-state index in [9.17, 15) is 0 Å². The summed E-state index contributed by atoms with van der Waals surface area (Å²) in [5.41, 5.74) is 1.30. The molecule has 0 spiro atoms. The first kappa shape index (κ1) is 15.5. The molecule has 3 heteroatoms.